The Kier molecular flexibility index (Phi) is 6.41. The van der Waals surface area contributed by atoms with Crippen LogP contribution in [-0.2, 0) is 0 Å². The van der Waals surface area contributed by atoms with Crippen molar-refractivity contribution in [2.75, 3.05) is 41.0 Å². The van der Waals surface area contributed by atoms with E-state index in [0.717, 1.165) is 5.56 Å². The maximum absolute atomic E-state index is 8.91. The van der Waals surface area contributed by atoms with Crippen molar-refractivity contribution in [1.29, 1.82) is 0 Å². The van der Waals surface area contributed by atoms with E-state index >= 15 is 0 Å². The lowest BCUT2D eigenvalue weighted by Gasteiger charge is -2.22. The molecular weight excluding hydrogens is 248 g/mol. The van der Waals surface area contributed by atoms with Gasteiger partial charge in [-0.3, -0.25) is 0 Å². The molecule has 1 rings (SSSR count). The molecule has 1 aromatic rings. The van der Waals surface area contributed by atoms with Crippen LogP contribution >= 0.6 is 0 Å². The molecule has 0 saturated carbocycles. The molecule has 0 saturated heterocycles. The smallest absolute Gasteiger partial charge is 0.131 e. The first-order valence-corrected chi connectivity index (χ1v) is 6.06. The van der Waals surface area contributed by atoms with Gasteiger partial charge in [0.05, 0.1) is 39.5 Å². The summed E-state index contributed by atoms with van der Waals surface area (Å²) in [7, 11) is 4.74. The van der Waals surface area contributed by atoms with Crippen LogP contribution in [0.3, 0.4) is 0 Å². The number of ether oxygens (including phenoxy) is 3. The largest absolute Gasteiger partial charge is 0.496 e. The van der Waals surface area contributed by atoms with Gasteiger partial charge in [-0.2, -0.15) is 0 Å². The van der Waals surface area contributed by atoms with Crippen LogP contribution in [-0.4, -0.2) is 46.1 Å². The first-order valence-electron chi connectivity index (χ1n) is 6.06. The summed E-state index contributed by atoms with van der Waals surface area (Å²) >= 11 is 0. The Morgan fingerprint density at radius 3 is 2.11 bits per heavy atom. The molecule has 19 heavy (non-hydrogen) atoms. The van der Waals surface area contributed by atoms with Crippen molar-refractivity contribution in [2.45, 2.75) is 6.04 Å². The highest BCUT2D eigenvalue weighted by atomic mass is 16.5. The van der Waals surface area contributed by atoms with E-state index in [9.17, 15) is 0 Å². The number of nitrogens with one attached hydrogen (secondary N) is 1. The monoisotopic (exact) mass is 270 g/mol. The molecule has 0 aliphatic carbocycles. The Labute approximate surface area is 113 Å². The van der Waals surface area contributed by atoms with E-state index in [1.165, 1.54) is 0 Å². The minimum absolute atomic E-state index is 0.0390. The van der Waals surface area contributed by atoms with Crippen LogP contribution in [0, 0.1) is 0 Å². The Balaban J connectivity index is 3.20. The molecule has 0 radical (unpaired) electrons. The third-order valence-electron chi connectivity index (χ3n) is 2.84. The second kappa shape index (κ2) is 7.83. The van der Waals surface area contributed by atoms with E-state index in [4.69, 9.17) is 25.1 Å². The Hall–Kier alpha value is -1.50. The van der Waals surface area contributed by atoms with Gasteiger partial charge in [-0.25, -0.2) is 0 Å². The van der Waals surface area contributed by atoms with E-state index in [0.29, 0.717) is 30.3 Å². The number of hydrogen-bond acceptors (Lipinski definition) is 6. The number of aliphatic hydroxyl groups excluding tert-OH is 1. The number of rotatable bonds is 8. The standard InChI is InChI=1S/C13H22N2O4/c1-17-9-6-11(18-2)13(12(7-9)19-3)10(8-14)15-4-5-16/h6-7,10,15-16H,4-5,8,14H2,1-3H3. The van der Waals surface area contributed by atoms with Crippen molar-refractivity contribution in [1.82, 2.24) is 5.32 Å². The molecule has 1 aromatic carbocycles. The summed E-state index contributed by atoms with van der Waals surface area (Å²) in [5.41, 5.74) is 6.60. The summed E-state index contributed by atoms with van der Waals surface area (Å²) in [5, 5.41) is 12.1. The van der Waals surface area contributed by atoms with E-state index in [1.807, 2.05) is 0 Å². The van der Waals surface area contributed by atoms with Gasteiger partial charge in [-0.1, -0.05) is 0 Å². The van der Waals surface area contributed by atoms with Crippen LogP contribution < -0.4 is 25.3 Å². The van der Waals surface area contributed by atoms with Crippen LogP contribution in [0.1, 0.15) is 11.6 Å². The molecule has 108 valence electrons. The van der Waals surface area contributed by atoms with Gasteiger partial charge in [-0.15, -0.1) is 0 Å². The summed E-state index contributed by atoms with van der Waals surface area (Å²) in [4.78, 5) is 0. The second-order valence-corrected chi connectivity index (χ2v) is 3.91. The lowest BCUT2D eigenvalue weighted by molar-refractivity contribution is 0.282. The van der Waals surface area contributed by atoms with Crippen molar-refractivity contribution in [3.8, 4) is 17.2 Å². The zero-order chi connectivity index (χ0) is 14.3. The molecule has 0 fully saturated rings. The van der Waals surface area contributed by atoms with Gasteiger partial charge in [0.1, 0.15) is 17.2 Å². The van der Waals surface area contributed by atoms with Crippen molar-refractivity contribution < 1.29 is 19.3 Å². The Morgan fingerprint density at radius 2 is 1.74 bits per heavy atom. The van der Waals surface area contributed by atoms with Gasteiger partial charge in [0, 0.05) is 25.2 Å². The van der Waals surface area contributed by atoms with Crippen LogP contribution in [0.15, 0.2) is 12.1 Å². The molecule has 1 atom stereocenters. The summed E-state index contributed by atoms with van der Waals surface area (Å²) in [6, 6.07) is 3.39. The molecule has 0 aliphatic rings. The third kappa shape index (κ3) is 3.73. The summed E-state index contributed by atoms with van der Waals surface area (Å²) in [6.07, 6.45) is 0. The highest BCUT2D eigenvalue weighted by molar-refractivity contribution is 5.52. The average Bonchev–Trinajstić information content (AvgIpc) is 2.47. The van der Waals surface area contributed by atoms with Crippen molar-refractivity contribution >= 4 is 0 Å². The van der Waals surface area contributed by atoms with Crippen molar-refractivity contribution in [3.63, 3.8) is 0 Å². The maximum atomic E-state index is 8.91. The first kappa shape index (κ1) is 15.6. The number of nitrogens with two attached hydrogens (primary N) is 1. The van der Waals surface area contributed by atoms with E-state index in [1.54, 1.807) is 33.5 Å². The van der Waals surface area contributed by atoms with Gasteiger partial charge < -0.3 is 30.4 Å². The number of methoxy groups -OCH3 is 3. The van der Waals surface area contributed by atoms with Crippen LogP contribution in [0.2, 0.25) is 0 Å². The average molecular weight is 270 g/mol. The number of hydrogen-bond donors (Lipinski definition) is 3. The molecule has 0 aliphatic heterocycles. The maximum Gasteiger partial charge on any atom is 0.131 e. The second-order valence-electron chi connectivity index (χ2n) is 3.91. The zero-order valence-electron chi connectivity index (χ0n) is 11.6. The fourth-order valence-corrected chi connectivity index (χ4v) is 1.92. The topological polar surface area (TPSA) is 86.0 Å². The zero-order valence-corrected chi connectivity index (χ0v) is 11.6. The van der Waals surface area contributed by atoms with E-state index in [-0.39, 0.29) is 12.6 Å². The Bertz CT molecular complexity index is 373. The minimum atomic E-state index is -0.164. The molecule has 1 unspecified atom stereocenters. The number of aliphatic hydroxyl groups is 1. The van der Waals surface area contributed by atoms with Gasteiger partial charge >= 0.3 is 0 Å². The predicted molar refractivity (Wildman–Crippen MR) is 73.0 cm³/mol. The van der Waals surface area contributed by atoms with Gasteiger partial charge in [-0.05, 0) is 0 Å². The van der Waals surface area contributed by atoms with Crippen molar-refractivity contribution in [2.24, 2.45) is 5.73 Å². The first-order chi connectivity index (χ1) is 9.21. The molecule has 0 bridgehead atoms. The summed E-state index contributed by atoms with van der Waals surface area (Å²) < 4.78 is 15.9. The molecule has 0 aromatic heterocycles. The molecular formula is C13H22N2O4. The fraction of sp³-hybridized carbons (Fsp3) is 0.538. The quantitative estimate of drug-likeness (QED) is 0.629. The minimum Gasteiger partial charge on any atom is -0.496 e. The molecule has 0 spiro atoms. The normalized spacial score (nSPS) is 12.1. The highest BCUT2D eigenvalue weighted by Crippen LogP contribution is 2.37. The highest BCUT2D eigenvalue weighted by Gasteiger charge is 2.21. The Morgan fingerprint density at radius 1 is 1.16 bits per heavy atom. The van der Waals surface area contributed by atoms with E-state index in [2.05, 4.69) is 5.32 Å². The molecule has 4 N–H and O–H groups in total. The summed E-state index contributed by atoms with van der Waals surface area (Å²) in [5.74, 6) is 1.92. The predicted octanol–water partition coefficient (Wildman–Crippen LogP) is 0.294. The van der Waals surface area contributed by atoms with Gasteiger partial charge in [0.25, 0.3) is 0 Å². The number of benzene rings is 1. The fourth-order valence-electron chi connectivity index (χ4n) is 1.92. The van der Waals surface area contributed by atoms with Crippen molar-refractivity contribution in [3.05, 3.63) is 17.7 Å². The summed E-state index contributed by atoms with van der Waals surface area (Å²) in [6.45, 7) is 0.844. The lowest BCUT2D eigenvalue weighted by Crippen LogP contribution is -2.31. The van der Waals surface area contributed by atoms with E-state index < -0.39 is 0 Å². The molecule has 0 amide bonds. The molecule has 0 heterocycles. The molecule has 6 nitrogen and oxygen atoms in total. The van der Waals surface area contributed by atoms with Crippen LogP contribution in [0.25, 0.3) is 0 Å². The van der Waals surface area contributed by atoms with Crippen LogP contribution in [0.5, 0.6) is 17.2 Å². The van der Waals surface area contributed by atoms with Gasteiger partial charge in [0.15, 0.2) is 0 Å². The third-order valence-corrected chi connectivity index (χ3v) is 2.84. The lowest BCUT2D eigenvalue weighted by atomic mass is 10.0. The van der Waals surface area contributed by atoms with Gasteiger partial charge in [0.2, 0.25) is 0 Å². The molecule has 6 heteroatoms. The SMILES string of the molecule is COc1cc(OC)c(C(CN)NCCO)c(OC)c1. The van der Waals surface area contributed by atoms with Crippen LogP contribution in [0.4, 0.5) is 0 Å².